The van der Waals surface area contributed by atoms with Crippen LogP contribution in [-0.2, 0) is 49.6 Å². The summed E-state index contributed by atoms with van der Waals surface area (Å²) in [6, 6.07) is 11.0. The highest BCUT2D eigenvalue weighted by Crippen LogP contribution is 2.42. The molecule has 2 aliphatic heterocycles. The minimum atomic E-state index is -0.503. The van der Waals surface area contributed by atoms with E-state index in [2.05, 4.69) is 25.8 Å². The molecule has 1 saturated carbocycles. The Labute approximate surface area is 326 Å². The molecule has 0 bridgehead atoms. The van der Waals surface area contributed by atoms with Crippen molar-refractivity contribution in [2.45, 2.75) is 91.0 Å². The van der Waals surface area contributed by atoms with Crippen LogP contribution in [0, 0.1) is 5.41 Å². The van der Waals surface area contributed by atoms with E-state index in [1.54, 1.807) is 24.3 Å². The van der Waals surface area contributed by atoms with E-state index in [0.717, 1.165) is 74.4 Å². The van der Waals surface area contributed by atoms with Gasteiger partial charge in [0, 0.05) is 81.7 Å². The minimum absolute atomic E-state index is 0.113. The van der Waals surface area contributed by atoms with Gasteiger partial charge in [0.05, 0.1) is 38.2 Å². The number of carbonyl (C=O) groups excluding carboxylic acids is 3. The molecular weight excluding hydrogens is 727 g/mol. The third-order valence-electron chi connectivity index (χ3n) is 11.1. The Balaban J connectivity index is 1.03. The molecule has 3 aliphatic rings. The van der Waals surface area contributed by atoms with Gasteiger partial charge in [0.15, 0.2) is 11.6 Å². The lowest BCUT2D eigenvalue weighted by molar-refractivity contribution is -0.169. The van der Waals surface area contributed by atoms with Crippen LogP contribution in [-0.4, -0.2) is 66.5 Å². The van der Waals surface area contributed by atoms with Crippen molar-refractivity contribution in [3.05, 3.63) is 80.9 Å². The first-order valence-electron chi connectivity index (χ1n) is 18.6. The fourth-order valence-electron chi connectivity index (χ4n) is 7.96. The van der Waals surface area contributed by atoms with Crippen LogP contribution in [0.25, 0.3) is 11.1 Å². The normalized spacial score (nSPS) is 20.2. The third-order valence-corrected chi connectivity index (χ3v) is 11.9. The molecule has 0 radical (unpaired) electrons. The van der Waals surface area contributed by atoms with Gasteiger partial charge in [0.2, 0.25) is 0 Å². The molecule has 0 atom stereocenters. The Morgan fingerprint density at radius 2 is 1.39 bits per heavy atom. The van der Waals surface area contributed by atoms with Gasteiger partial charge in [-0.05, 0) is 65.5 Å². The second-order valence-corrected chi connectivity index (χ2v) is 16.7. The first-order valence-corrected chi connectivity index (χ1v) is 19.4. The van der Waals surface area contributed by atoms with Gasteiger partial charge in [-0.2, -0.15) is 0 Å². The molecule has 2 aromatic carbocycles. The van der Waals surface area contributed by atoms with Crippen molar-refractivity contribution in [1.82, 2.24) is 29.3 Å². The third kappa shape index (κ3) is 7.41. The molecule has 12 nitrogen and oxygen atoms in total. The van der Waals surface area contributed by atoms with Gasteiger partial charge >= 0.3 is 5.97 Å². The van der Waals surface area contributed by atoms with Crippen molar-refractivity contribution in [3.8, 4) is 11.1 Å². The number of hydrogen-bond acceptors (Lipinski definition) is 8. The molecule has 54 heavy (non-hydrogen) atoms. The number of imidazole rings is 2. The van der Waals surface area contributed by atoms with E-state index >= 15 is 0 Å². The molecule has 1 aliphatic carbocycles. The first kappa shape index (κ1) is 38.1. The highest BCUT2D eigenvalue weighted by molar-refractivity contribution is 6.40. The number of aromatic nitrogens is 4. The summed E-state index contributed by atoms with van der Waals surface area (Å²) in [6.07, 6.45) is 4.94. The van der Waals surface area contributed by atoms with Crippen molar-refractivity contribution in [3.63, 3.8) is 0 Å². The fourth-order valence-corrected chi connectivity index (χ4v) is 8.51. The highest BCUT2D eigenvalue weighted by Gasteiger charge is 2.42. The molecule has 286 valence electrons. The average molecular weight is 776 g/mol. The molecule has 1 fully saturated rings. The number of halogens is 2. The maximum Gasteiger partial charge on any atom is 0.312 e. The van der Waals surface area contributed by atoms with Gasteiger partial charge in [-0.25, -0.2) is 9.97 Å². The van der Waals surface area contributed by atoms with Gasteiger partial charge in [-0.15, -0.1) is 0 Å². The summed E-state index contributed by atoms with van der Waals surface area (Å²) in [4.78, 5) is 51.9. The number of carbonyl (C=O) groups is 3. The number of nitrogens with zero attached hydrogens (tertiary/aromatic N) is 5. The SMILES string of the molecule is Cn1c(C(=O)Nc2cccc(-c3cccc(NC(=O)c4nc5c(n4C)CCN(C4CCC(C)(C(=O)OC(C)(C)C)CC4)C5)c3Cl)c2Cl)nc2c1CCNC2. The molecule has 4 heterocycles. The van der Waals surface area contributed by atoms with E-state index in [0.29, 0.717) is 63.3 Å². The zero-order valence-electron chi connectivity index (χ0n) is 31.7. The molecule has 0 saturated heterocycles. The van der Waals surface area contributed by atoms with Crippen molar-refractivity contribution in [2.75, 3.05) is 23.7 Å². The number of anilines is 2. The summed E-state index contributed by atoms with van der Waals surface area (Å²) < 4.78 is 9.45. The van der Waals surface area contributed by atoms with Crippen LogP contribution in [0.1, 0.15) is 97.4 Å². The van der Waals surface area contributed by atoms with Gasteiger partial charge in [0.25, 0.3) is 11.8 Å². The number of benzene rings is 2. The highest BCUT2D eigenvalue weighted by atomic mass is 35.5. The predicted octanol–water partition coefficient (Wildman–Crippen LogP) is 6.93. The van der Waals surface area contributed by atoms with E-state index in [4.69, 9.17) is 32.9 Å². The summed E-state index contributed by atoms with van der Waals surface area (Å²) in [5, 5.41) is 9.80. The molecule has 2 aromatic heterocycles. The Hall–Kier alpha value is -4.23. The summed E-state index contributed by atoms with van der Waals surface area (Å²) >= 11 is 13.9. The summed E-state index contributed by atoms with van der Waals surface area (Å²) in [5.74, 6) is -0.229. The number of ether oxygens (including phenoxy) is 1. The molecule has 0 spiro atoms. The number of hydrogen-bond donors (Lipinski definition) is 3. The monoisotopic (exact) mass is 774 g/mol. The standard InChI is InChI=1S/C40H48Cl2N8O4/c1-39(2,3)54-38(53)40(4)17-13-23(14-18-40)50-20-16-31-29(22-50)45-35(49(31)6)37(52)47-27-12-8-10-25(33(27)42)24-9-7-11-26(32(24)41)46-36(51)34-44-28-21-43-19-15-30(28)48(34)5/h7-12,23,43H,13-22H2,1-6H3,(H,46,51)(H,47,52). The molecule has 3 N–H and O–H groups in total. The lowest BCUT2D eigenvalue weighted by Gasteiger charge is -2.42. The van der Waals surface area contributed by atoms with Crippen molar-refractivity contribution in [2.24, 2.45) is 19.5 Å². The molecule has 14 heteroatoms. The van der Waals surface area contributed by atoms with E-state index < -0.39 is 11.0 Å². The topological polar surface area (TPSA) is 135 Å². The summed E-state index contributed by atoms with van der Waals surface area (Å²) in [6.45, 7) is 10.7. The zero-order chi connectivity index (χ0) is 38.5. The van der Waals surface area contributed by atoms with Crippen molar-refractivity contribution < 1.29 is 19.1 Å². The molecule has 7 rings (SSSR count). The van der Waals surface area contributed by atoms with E-state index in [1.807, 2.05) is 63.1 Å². The van der Waals surface area contributed by atoms with Crippen molar-refractivity contribution >= 4 is 52.4 Å². The zero-order valence-corrected chi connectivity index (χ0v) is 33.2. The number of nitrogens with one attached hydrogen (secondary N) is 3. The Morgan fingerprint density at radius 3 is 1.93 bits per heavy atom. The van der Waals surface area contributed by atoms with Gasteiger partial charge in [-0.3, -0.25) is 19.3 Å². The smallest absolute Gasteiger partial charge is 0.312 e. The van der Waals surface area contributed by atoms with Gasteiger partial charge < -0.3 is 29.8 Å². The van der Waals surface area contributed by atoms with Gasteiger partial charge in [-0.1, -0.05) is 47.5 Å². The van der Waals surface area contributed by atoms with Gasteiger partial charge in [0.1, 0.15) is 5.60 Å². The van der Waals surface area contributed by atoms with Crippen molar-refractivity contribution in [1.29, 1.82) is 0 Å². The largest absolute Gasteiger partial charge is 0.460 e. The summed E-state index contributed by atoms with van der Waals surface area (Å²) in [5.41, 5.74) is 4.90. The maximum absolute atomic E-state index is 13.8. The number of rotatable bonds is 7. The van der Waals surface area contributed by atoms with Crippen LogP contribution in [0.5, 0.6) is 0 Å². The van der Waals surface area contributed by atoms with Crippen LogP contribution >= 0.6 is 23.2 Å². The predicted molar refractivity (Wildman–Crippen MR) is 210 cm³/mol. The lowest BCUT2D eigenvalue weighted by atomic mass is 9.73. The second kappa shape index (κ2) is 14.8. The number of amides is 2. The minimum Gasteiger partial charge on any atom is -0.460 e. The Bertz CT molecular complexity index is 2130. The molecular formula is C40H48Cl2N8O4. The second-order valence-electron chi connectivity index (χ2n) is 16.0. The average Bonchev–Trinajstić information content (AvgIpc) is 3.65. The molecule has 2 amide bonds. The maximum atomic E-state index is 13.8. The first-order chi connectivity index (χ1) is 25.6. The molecule has 0 unspecified atom stereocenters. The molecule has 4 aromatic rings. The van der Waals surface area contributed by atoms with Crippen LogP contribution in [0.15, 0.2) is 36.4 Å². The van der Waals surface area contributed by atoms with E-state index in [9.17, 15) is 14.4 Å². The number of esters is 1. The van der Waals surface area contributed by atoms with Crippen LogP contribution in [0.2, 0.25) is 10.0 Å². The van der Waals surface area contributed by atoms with E-state index in [1.165, 1.54) is 0 Å². The van der Waals surface area contributed by atoms with Crippen LogP contribution in [0.3, 0.4) is 0 Å². The summed E-state index contributed by atoms with van der Waals surface area (Å²) in [7, 11) is 3.72. The van der Waals surface area contributed by atoms with Crippen LogP contribution < -0.4 is 16.0 Å². The number of fused-ring (bicyclic) bond motifs is 2. The van der Waals surface area contributed by atoms with E-state index in [-0.39, 0.29) is 17.8 Å². The fraction of sp³-hybridized carbons (Fsp3) is 0.475. The van der Waals surface area contributed by atoms with Crippen LogP contribution in [0.4, 0.5) is 11.4 Å². The lowest BCUT2D eigenvalue weighted by Crippen LogP contribution is -2.46. The quantitative estimate of drug-likeness (QED) is 0.172. The Kier molecular flexibility index (Phi) is 10.4. The Morgan fingerprint density at radius 1 is 0.852 bits per heavy atom.